The second-order valence-corrected chi connectivity index (χ2v) is 4.19. The molecule has 0 saturated carbocycles. The summed E-state index contributed by atoms with van der Waals surface area (Å²) < 4.78 is 0. The van der Waals surface area contributed by atoms with Crippen LogP contribution in [0.1, 0.15) is 41.0 Å². The highest BCUT2D eigenvalue weighted by Gasteiger charge is 2.31. The van der Waals surface area contributed by atoms with Gasteiger partial charge in [-0.2, -0.15) is 0 Å². The van der Waals surface area contributed by atoms with Crippen molar-refractivity contribution in [2.24, 2.45) is 17.3 Å². The van der Waals surface area contributed by atoms with E-state index < -0.39 is 0 Å². The average molecular weight is 156 g/mol. The van der Waals surface area contributed by atoms with Gasteiger partial charge in [-0.05, 0) is 17.3 Å². The number of carbonyl (C=O) groups is 1. The summed E-state index contributed by atoms with van der Waals surface area (Å²) in [7, 11) is 0. The van der Waals surface area contributed by atoms with Crippen molar-refractivity contribution in [1.82, 2.24) is 0 Å². The third kappa shape index (κ3) is 2.32. The first-order valence-corrected chi connectivity index (χ1v) is 4.38. The van der Waals surface area contributed by atoms with Crippen molar-refractivity contribution in [2.45, 2.75) is 41.0 Å². The summed E-state index contributed by atoms with van der Waals surface area (Å²) in [5, 5.41) is 0. The lowest BCUT2D eigenvalue weighted by molar-refractivity contribution is -0.111. The maximum absolute atomic E-state index is 10.4. The summed E-state index contributed by atoms with van der Waals surface area (Å²) in [4.78, 5) is 10.4. The van der Waals surface area contributed by atoms with Crippen molar-refractivity contribution in [3.8, 4) is 0 Å². The first-order valence-electron chi connectivity index (χ1n) is 4.38. The molecule has 0 aliphatic rings. The fourth-order valence-electron chi connectivity index (χ4n) is 1.32. The molecule has 1 nitrogen and oxygen atoms in total. The van der Waals surface area contributed by atoms with Crippen LogP contribution in [0.15, 0.2) is 0 Å². The molecular formula is C10H20O. The van der Waals surface area contributed by atoms with Crippen molar-refractivity contribution in [1.29, 1.82) is 0 Å². The van der Waals surface area contributed by atoms with E-state index in [2.05, 4.69) is 34.6 Å². The molecular weight excluding hydrogens is 136 g/mol. The maximum atomic E-state index is 10.4. The molecule has 0 rings (SSSR count). The highest BCUT2D eigenvalue weighted by molar-refractivity contribution is 5.50. The van der Waals surface area contributed by atoms with Crippen LogP contribution in [0.4, 0.5) is 0 Å². The molecule has 0 spiro atoms. The van der Waals surface area contributed by atoms with E-state index >= 15 is 0 Å². The van der Waals surface area contributed by atoms with Gasteiger partial charge < -0.3 is 4.79 Å². The van der Waals surface area contributed by atoms with Gasteiger partial charge in [0.05, 0.1) is 0 Å². The van der Waals surface area contributed by atoms with Gasteiger partial charge in [0.1, 0.15) is 6.29 Å². The van der Waals surface area contributed by atoms with Crippen LogP contribution in [0, 0.1) is 17.3 Å². The van der Waals surface area contributed by atoms with E-state index in [0.717, 1.165) is 6.29 Å². The summed E-state index contributed by atoms with van der Waals surface area (Å²) >= 11 is 0. The molecule has 1 heteroatoms. The van der Waals surface area contributed by atoms with Crippen molar-refractivity contribution < 1.29 is 4.79 Å². The third-order valence-corrected chi connectivity index (χ3v) is 3.16. The summed E-state index contributed by atoms with van der Waals surface area (Å²) in [6, 6.07) is 0. The Morgan fingerprint density at radius 1 is 1.18 bits per heavy atom. The van der Waals surface area contributed by atoms with Crippen LogP contribution < -0.4 is 0 Å². The lowest BCUT2D eigenvalue weighted by Gasteiger charge is -2.36. The summed E-state index contributed by atoms with van der Waals surface area (Å²) in [6.45, 7) is 10.9. The minimum Gasteiger partial charge on any atom is -0.303 e. The SMILES string of the molecule is CC(C)C(C)(CC=O)C(C)C. The lowest BCUT2D eigenvalue weighted by atomic mass is 9.69. The van der Waals surface area contributed by atoms with Crippen LogP contribution in [-0.2, 0) is 4.79 Å². The van der Waals surface area contributed by atoms with E-state index in [4.69, 9.17) is 0 Å². The summed E-state index contributed by atoms with van der Waals surface area (Å²) in [6.07, 6.45) is 1.72. The standard InChI is InChI=1S/C10H20O/c1-8(2)10(5,6-7-11)9(3)4/h7-9H,6H2,1-5H3. The zero-order valence-corrected chi connectivity index (χ0v) is 8.35. The first kappa shape index (κ1) is 10.7. The van der Waals surface area contributed by atoms with Crippen LogP contribution in [0.25, 0.3) is 0 Å². The van der Waals surface area contributed by atoms with Gasteiger partial charge in [-0.3, -0.25) is 0 Å². The molecule has 0 fully saturated rings. The van der Waals surface area contributed by atoms with Gasteiger partial charge >= 0.3 is 0 Å². The molecule has 0 radical (unpaired) electrons. The summed E-state index contributed by atoms with van der Waals surface area (Å²) in [5.74, 6) is 1.15. The molecule has 0 aromatic rings. The Morgan fingerprint density at radius 2 is 1.55 bits per heavy atom. The molecule has 0 aliphatic heterocycles. The maximum Gasteiger partial charge on any atom is 0.120 e. The molecule has 0 heterocycles. The smallest absolute Gasteiger partial charge is 0.120 e. The minimum atomic E-state index is 0.182. The fourth-order valence-corrected chi connectivity index (χ4v) is 1.32. The highest BCUT2D eigenvalue weighted by atomic mass is 16.1. The Kier molecular flexibility index (Phi) is 3.77. The van der Waals surface area contributed by atoms with Crippen molar-refractivity contribution in [3.05, 3.63) is 0 Å². The van der Waals surface area contributed by atoms with Gasteiger partial charge in [0.2, 0.25) is 0 Å². The zero-order valence-electron chi connectivity index (χ0n) is 8.35. The first-order chi connectivity index (χ1) is 4.95. The Bertz CT molecular complexity index is 117. The van der Waals surface area contributed by atoms with Gasteiger partial charge in [-0.1, -0.05) is 34.6 Å². The van der Waals surface area contributed by atoms with Gasteiger partial charge in [0.15, 0.2) is 0 Å². The van der Waals surface area contributed by atoms with Crippen LogP contribution in [-0.4, -0.2) is 6.29 Å². The summed E-state index contributed by atoms with van der Waals surface area (Å²) in [5.41, 5.74) is 0.182. The molecule has 0 saturated heterocycles. The van der Waals surface area contributed by atoms with Crippen LogP contribution in [0.3, 0.4) is 0 Å². The van der Waals surface area contributed by atoms with E-state index in [9.17, 15) is 4.79 Å². The van der Waals surface area contributed by atoms with E-state index in [1.54, 1.807) is 0 Å². The number of rotatable bonds is 4. The molecule has 0 aromatic carbocycles. The molecule has 0 atom stereocenters. The molecule has 11 heavy (non-hydrogen) atoms. The average Bonchev–Trinajstić information content (AvgIpc) is 1.87. The Hall–Kier alpha value is -0.330. The van der Waals surface area contributed by atoms with Crippen LogP contribution in [0.5, 0.6) is 0 Å². The van der Waals surface area contributed by atoms with Gasteiger partial charge in [-0.25, -0.2) is 0 Å². The van der Waals surface area contributed by atoms with Gasteiger partial charge in [0, 0.05) is 6.42 Å². The van der Waals surface area contributed by atoms with Crippen LogP contribution in [0.2, 0.25) is 0 Å². The zero-order chi connectivity index (χ0) is 9.07. The van der Waals surface area contributed by atoms with Gasteiger partial charge in [0.25, 0.3) is 0 Å². The van der Waals surface area contributed by atoms with Crippen molar-refractivity contribution >= 4 is 6.29 Å². The van der Waals surface area contributed by atoms with Crippen molar-refractivity contribution in [2.75, 3.05) is 0 Å². The van der Waals surface area contributed by atoms with Crippen LogP contribution >= 0.6 is 0 Å². The van der Waals surface area contributed by atoms with E-state index in [1.807, 2.05) is 0 Å². The topological polar surface area (TPSA) is 17.1 Å². The molecule has 0 aromatic heterocycles. The minimum absolute atomic E-state index is 0.182. The second kappa shape index (κ2) is 3.89. The molecule has 0 unspecified atom stereocenters. The fraction of sp³-hybridized carbons (Fsp3) is 0.900. The predicted molar refractivity (Wildman–Crippen MR) is 48.5 cm³/mol. The van der Waals surface area contributed by atoms with Gasteiger partial charge in [-0.15, -0.1) is 0 Å². The second-order valence-electron chi connectivity index (χ2n) is 4.19. The Morgan fingerprint density at radius 3 is 1.64 bits per heavy atom. The molecule has 0 N–H and O–H groups in total. The lowest BCUT2D eigenvalue weighted by Crippen LogP contribution is -2.29. The van der Waals surface area contributed by atoms with E-state index in [-0.39, 0.29) is 5.41 Å². The molecule has 66 valence electrons. The monoisotopic (exact) mass is 156 g/mol. The van der Waals surface area contributed by atoms with Crippen molar-refractivity contribution in [3.63, 3.8) is 0 Å². The number of carbonyl (C=O) groups excluding carboxylic acids is 1. The predicted octanol–water partition coefficient (Wildman–Crippen LogP) is 2.89. The normalized spacial score (nSPS) is 12.6. The molecule has 0 amide bonds. The third-order valence-electron chi connectivity index (χ3n) is 3.16. The van der Waals surface area contributed by atoms with E-state index in [1.165, 1.54) is 0 Å². The Balaban J connectivity index is 4.37. The molecule has 0 aliphatic carbocycles. The van der Waals surface area contributed by atoms with E-state index in [0.29, 0.717) is 18.3 Å². The quantitative estimate of drug-likeness (QED) is 0.572. The number of aldehydes is 1. The highest BCUT2D eigenvalue weighted by Crippen LogP contribution is 2.37. The Labute approximate surface area is 70.2 Å². The largest absolute Gasteiger partial charge is 0.303 e. The molecule has 0 bridgehead atoms. The number of hydrogen-bond donors (Lipinski definition) is 0. The number of hydrogen-bond acceptors (Lipinski definition) is 1.